The van der Waals surface area contributed by atoms with Crippen molar-refractivity contribution in [3.8, 4) is 0 Å². The predicted molar refractivity (Wildman–Crippen MR) is 45.5 cm³/mol. The molecule has 0 aromatic rings. The van der Waals surface area contributed by atoms with Gasteiger partial charge in [0.2, 0.25) is 0 Å². The molecule has 1 rings (SSSR count). The molecule has 1 heterocycles. The third-order valence-corrected chi connectivity index (χ3v) is 2.03. The van der Waals surface area contributed by atoms with E-state index in [0.29, 0.717) is 0 Å². The van der Waals surface area contributed by atoms with Gasteiger partial charge >= 0.3 is 0 Å². The Morgan fingerprint density at radius 2 is 2.60 bits per heavy atom. The van der Waals surface area contributed by atoms with Crippen LogP contribution in [0.4, 0.5) is 0 Å². The minimum Gasteiger partial charge on any atom is -0.306 e. The summed E-state index contributed by atoms with van der Waals surface area (Å²) in [4.78, 5) is 6.25. The van der Waals surface area contributed by atoms with Crippen LogP contribution in [0, 0.1) is 5.92 Å². The number of rotatable bonds is 2. The predicted octanol–water partition coefficient (Wildman–Crippen LogP) is 1.04. The molecule has 0 saturated carbocycles. The first-order chi connectivity index (χ1) is 4.83. The minimum atomic E-state index is 0.723. The van der Waals surface area contributed by atoms with Crippen molar-refractivity contribution in [1.29, 1.82) is 0 Å². The second-order valence-corrected chi connectivity index (χ2v) is 3.03. The number of nitrogens with zero attached hydrogens (tertiary/aromatic N) is 2. The van der Waals surface area contributed by atoms with Crippen LogP contribution < -0.4 is 0 Å². The van der Waals surface area contributed by atoms with Gasteiger partial charge in [-0.25, -0.2) is 4.99 Å². The molecule has 1 saturated heterocycles. The molecule has 1 unspecified atom stereocenters. The first-order valence-corrected chi connectivity index (χ1v) is 3.96. The molecule has 56 valence electrons. The van der Waals surface area contributed by atoms with Gasteiger partial charge < -0.3 is 4.90 Å². The van der Waals surface area contributed by atoms with Crippen LogP contribution in [0.3, 0.4) is 0 Å². The summed E-state index contributed by atoms with van der Waals surface area (Å²) in [5, 5.41) is 2.40. The SMILES string of the molecule is CN1CCC(CN=C=S)C1. The van der Waals surface area contributed by atoms with Gasteiger partial charge in [-0.2, -0.15) is 0 Å². The fourth-order valence-electron chi connectivity index (χ4n) is 1.34. The number of thiocarbonyl (C=S) groups is 1. The molecule has 1 aliphatic heterocycles. The summed E-state index contributed by atoms with van der Waals surface area (Å²) in [7, 11) is 2.14. The number of likely N-dealkylation sites (tertiary alicyclic amines) is 1. The first kappa shape index (κ1) is 7.86. The molecule has 0 aromatic carbocycles. The van der Waals surface area contributed by atoms with E-state index in [-0.39, 0.29) is 0 Å². The first-order valence-electron chi connectivity index (χ1n) is 3.55. The monoisotopic (exact) mass is 156 g/mol. The highest BCUT2D eigenvalue weighted by Gasteiger charge is 2.18. The van der Waals surface area contributed by atoms with Crippen LogP contribution in [0.5, 0.6) is 0 Å². The van der Waals surface area contributed by atoms with Crippen molar-refractivity contribution in [2.45, 2.75) is 6.42 Å². The Labute approximate surface area is 66.9 Å². The number of aliphatic imine (C=N–C) groups is 1. The third kappa shape index (κ3) is 2.18. The van der Waals surface area contributed by atoms with Gasteiger partial charge in [-0.15, -0.1) is 0 Å². The van der Waals surface area contributed by atoms with Gasteiger partial charge in [-0.05, 0) is 38.1 Å². The van der Waals surface area contributed by atoms with E-state index >= 15 is 0 Å². The van der Waals surface area contributed by atoms with E-state index in [1.165, 1.54) is 19.5 Å². The van der Waals surface area contributed by atoms with Crippen molar-refractivity contribution < 1.29 is 0 Å². The van der Waals surface area contributed by atoms with Crippen LogP contribution in [0.1, 0.15) is 6.42 Å². The Hall–Kier alpha value is -0.240. The molecular weight excluding hydrogens is 144 g/mol. The molecule has 0 bridgehead atoms. The Morgan fingerprint density at radius 1 is 1.80 bits per heavy atom. The van der Waals surface area contributed by atoms with Gasteiger partial charge in [0.15, 0.2) is 0 Å². The van der Waals surface area contributed by atoms with Crippen molar-refractivity contribution >= 4 is 17.4 Å². The molecule has 1 atom stereocenters. The molecule has 0 spiro atoms. The number of isothiocyanates is 1. The molecule has 1 aliphatic rings. The zero-order valence-electron chi connectivity index (χ0n) is 6.21. The molecule has 0 aromatic heterocycles. The fourth-order valence-corrected chi connectivity index (χ4v) is 1.42. The highest BCUT2D eigenvalue weighted by molar-refractivity contribution is 7.78. The zero-order chi connectivity index (χ0) is 7.40. The van der Waals surface area contributed by atoms with Crippen molar-refractivity contribution in [3.63, 3.8) is 0 Å². The molecule has 2 nitrogen and oxygen atoms in total. The average molecular weight is 156 g/mol. The summed E-state index contributed by atoms with van der Waals surface area (Å²) >= 11 is 4.49. The Morgan fingerprint density at radius 3 is 3.10 bits per heavy atom. The normalized spacial score (nSPS) is 26.3. The zero-order valence-corrected chi connectivity index (χ0v) is 7.02. The van der Waals surface area contributed by atoms with Crippen molar-refractivity contribution in [2.75, 3.05) is 26.7 Å². The highest BCUT2D eigenvalue weighted by atomic mass is 32.1. The lowest BCUT2D eigenvalue weighted by Crippen LogP contribution is -2.14. The lowest BCUT2D eigenvalue weighted by Gasteiger charge is -2.05. The summed E-state index contributed by atoms with van der Waals surface area (Å²) in [6.45, 7) is 3.24. The van der Waals surface area contributed by atoms with Gasteiger partial charge in [0, 0.05) is 6.54 Å². The maximum absolute atomic E-state index is 4.49. The Bertz CT molecular complexity index is 152. The van der Waals surface area contributed by atoms with Gasteiger partial charge in [0.05, 0.1) is 11.7 Å². The summed E-state index contributed by atoms with van der Waals surface area (Å²) < 4.78 is 0. The van der Waals surface area contributed by atoms with E-state index in [9.17, 15) is 0 Å². The molecule has 0 aliphatic carbocycles. The van der Waals surface area contributed by atoms with E-state index in [1.807, 2.05) is 0 Å². The van der Waals surface area contributed by atoms with Crippen molar-refractivity contribution in [3.05, 3.63) is 0 Å². The second-order valence-electron chi connectivity index (χ2n) is 2.85. The van der Waals surface area contributed by atoms with E-state index in [0.717, 1.165) is 12.5 Å². The molecule has 0 N–H and O–H groups in total. The Balaban J connectivity index is 2.24. The van der Waals surface area contributed by atoms with Crippen LogP contribution in [-0.4, -0.2) is 36.7 Å². The van der Waals surface area contributed by atoms with Crippen LogP contribution in [0.2, 0.25) is 0 Å². The molecule has 10 heavy (non-hydrogen) atoms. The summed E-state index contributed by atoms with van der Waals surface area (Å²) in [5.41, 5.74) is 0. The van der Waals surface area contributed by atoms with Crippen LogP contribution in [0.15, 0.2) is 4.99 Å². The largest absolute Gasteiger partial charge is 0.306 e. The smallest absolute Gasteiger partial charge is 0.0585 e. The molecular formula is C7H12N2S. The Kier molecular flexibility index (Phi) is 3.00. The quantitative estimate of drug-likeness (QED) is 0.438. The average Bonchev–Trinajstić information content (AvgIpc) is 2.31. The topological polar surface area (TPSA) is 15.6 Å². The van der Waals surface area contributed by atoms with Crippen LogP contribution in [-0.2, 0) is 0 Å². The molecule has 0 amide bonds. The number of hydrogen-bond acceptors (Lipinski definition) is 3. The van der Waals surface area contributed by atoms with E-state index in [4.69, 9.17) is 0 Å². The molecule has 0 radical (unpaired) electrons. The van der Waals surface area contributed by atoms with Gasteiger partial charge in [-0.1, -0.05) is 0 Å². The maximum Gasteiger partial charge on any atom is 0.0585 e. The molecule has 3 heteroatoms. The summed E-state index contributed by atoms with van der Waals surface area (Å²) in [6.07, 6.45) is 1.26. The van der Waals surface area contributed by atoms with E-state index < -0.39 is 0 Å². The summed E-state index contributed by atoms with van der Waals surface area (Å²) in [5.74, 6) is 0.723. The van der Waals surface area contributed by atoms with Gasteiger partial charge in [-0.3, -0.25) is 0 Å². The lowest BCUT2D eigenvalue weighted by molar-refractivity contribution is 0.397. The third-order valence-electron chi connectivity index (χ3n) is 1.90. The van der Waals surface area contributed by atoms with Gasteiger partial charge in [0.25, 0.3) is 0 Å². The number of hydrogen-bond donors (Lipinski definition) is 0. The summed E-state index contributed by atoms with van der Waals surface area (Å²) in [6, 6.07) is 0. The van der Waals surface area contributed by atoms with Crippen molar-refractivity contribution in [1.82, 2.24) is 4.90 Å². The standard InChI is InChI=1S/C7H12N2S/c1-9-3-2-7(5-9)4-8-6-10/h7H,2-5H2,1H3. The highest BCUT2D eigenvalue weighted by Crippen LogP contribution is 2.13. The van der Waals surface area contributed by atoms with Crippen molar-refractivity contribution in [2.24, 2.45) is 10.9 Å². The van der Waals surface area contributed by atoms with Crippen LogP contribution in [0.25, 0.3) is 0 Å². The van der Waals surface area contributed by atoms with E-state index in [1.54, 1.807) is 0 Å². The van der Waals surface area contributed by atoms with Gasteiger partial charge in [0.1, 0.15) is 0 Å². The molecule has 1 fully saturated rings. The maximum atomic E-state index is 4.49. The minimum absolute atomic E-state index is 0.723. The second kappa shape index (κ2) is 3.81. The fraction of sp³-hybridized carbons (Fsp3) is 0.857. The van der Waals surface area contributed by atoms with Crippen LogP contribution >= 0.6 is 12.2 Å². The lowest BCUT2D eigenvalue weighted by atomic mass is 10.1. The van der Waals surface area contributed by atoms with E-state index in [2.05, 4.69) is 34.3 Å².